The molecule has 3 aliphatic rings. The number of carboxylic acids is 1. The van der Waals surface area contributed by atoms with E-state index < -0.39 is 5.97 Å². The molecule has 2 unspecified atom stereocenters. The van der Waals surface area contributed by atoms with Crippen molar-refractivity contribution in [3.8, 4) is 0 Å². The molecule has 1 N–H and O–H groups in total. The van der Waals surface area contributed by atoms with Crippen LogP contribution < -0.4 is 0 Å². The number of carbonyl (C=O) groups is 1. The van der Waals surface area contributed by atoms with Crippen LogP contribution in [0.1, 0.15) is 32.1 Å². The van der Waals surface area contributed by atoms with E-state index in [0.29, 0.717) is 6.04 Å². The van der Waals surface area contributed by atoms with E-state index >= 15 is 0 Å². The predicted octanol–water partition coefficient (Wildman–Crippen LogP) is 0.790. The van der Waals surface area contributed by atoms with Gasteiger partial charge in [0.2, 0.25) is 0 Å². The number of fused-ring (bicyclic) bond motifs is 1. The maximum Gasteiger partial charge on any atom is 0.305 e. The highest BCUT2D eigenvalue weighted by Crippen LogP contribution is 2.42. The molecule has 0 spiro atoms. The molecule has 0 aliphatic carbocycles. The van der Waals surface area contributed by atoms with Crippen LogP contribution in [0.3, 0.4) is 0 Å². The zero-order valence-corrected chi connectivity index (χ0v) is 11.5. The first kappa shape index (κ1) is 13.3. The van der Waals surface area contributed by atoms with Crippen molar-refractivity contribution < 1.29 is 14.6 Å². The molecule has 3 fully saturated rings. The third-order valence-corrected chi connectivity index (χ3v) is 5.16. The Morgan fingerprint density at radius 2 is 2.00 bits per heavy atom. The molecule has 3 heterocycles. The maximum atomic E-state index is 11.4. The zero-order chi connectivity index (χ0) is 13.3. The molecule has 0 aromatic heterocycles. The van der Waals surface area contributed by atoms with Gasteiger partial charge in [0.25, 0.3) is 0 Å². The van der Waals surface area contributed by atoms with E-state index in [-0.39, 0.29) is 12.0 Å². The Morgan fingerprint density at radius 1 is 1.21 bits per heavy atom. The second kappa shape index (κ2) is 5.38. The van der Waals surface area contributed by atoms with E-state index in [0.717, 1.165) is 52.2 Å². The number of carboxylic acid groups (broad SMARTS) is 1. The Morgan fingerprint density at radius 3 is 2.74 bits per heavy atom. The second-order valence-corrected chi connectivity index (χ2v) is 6.07. The minimum atomic E-state index is -0.654. The number of hydrogen-bond donors (Lipinski definition) is 1. The summed E-state index contributed by atoms with van der Waals surface area (Å²) < 4.78 is 5.44. The summed E-state index contributed by atoms with van der Waals surface area (Å²) >= 11 is 0. The molecule has 2 atom stereocenters. The van der Waals surface area contributed by atoms with Gasteiger partial charge in [0.15, 0.2) is 0 Å². The van der Waals surface area contributed by atoms with Gasteiger partial charge in [-0.3, -0.25) is 14.6 Å². The summed E-state index contributed by atoms with van der Waals surface area (Å²) in [7, 11) is 0. The van der Waals surface area contributed by atoms with Gasteiger partial charge in [0, 0.05) is 31.2 Å². The van der Waals surface area contributed by atoms with Crippen molar-refractivity contribution in [1.82, 2.24) is 9.80 Å². The summed E-state index contributed by atoms with van der Waals surface area (Å²) in [6.07, 6.45) is 4.96. The number of rotatable bonds is 3. The second-order valence-electron chi connectivity index (χ2n) is 6.07. The lowest BCUT2D eigenvalue weighted by molar-refractivity contribution is -0.143. The van der Waals surface area contributed by atoms with E-state index in [4.69, 9.17) is 4.74 Å². The van der Waals surface area contributed by atoms with Gasteiger partial charge in [-0.1, -0.05) is 6.42 Å². The summed E-state index contributed by atoms with van der Waals surface area (Å²) in [5.41, 5.74) is -0.143. The maximum absolute atomic E-state index is 11.4. The van der Waals surface area contributed by atoms with Crippen LogP contribution in [-0.2, 0) is 9.53 Å². The highest BCUT2D eigenvalue weighted by atomic mass is 16.5. The molecule has 0 radical (unpaired) electrons. The average Bonchev–Trinajstić information content (AvgIpc) is 2.80. The average molecular weight is 268 g/mol. The van der Waals surface area contributed by atoms with Crippen molar-refractivity contribution in [1.29, 1.82) is 0 Å². The Hall–Kier alpha value is -0.650. The Bertz CT molecular complexity index is 344. The van der Waals surface area contributed by atoms with Gasteiger partial charge in [0.1, 0.15) is 0 Å². The van der Waals surface area contributed by atoms with Crippen LogP contribution in [0, 0.1) is 0 Å². The predicted molar refractivity (Wildman–Crippen MR) is 71.2 cm³/mol. The van der Waals surface area contributed by atoms with Crippen molar-refractivity contribution in [2.75, 3.05) is 39.4 Å². The minimum Gasteiger partial charge on any atom is -0.481 e. The highest BCUT2D eigenvalue weighted by Gasteiger charge is 2.52. The molecule has 0 aromatic rings. The molecule has 3 aliphatic heterocycles. The van der Waals surface area contributed by atoms with Crippen LogP contribution in [0.4, 0.5) is 0 Å². The topological polar surface area (TPSA) is 53.0 Å². The standard InChI is InChI=1S/C14H24N2O3/c17-13(18)11-14(16-7-9-19-10-8-16)4-6-15-5-2-1-3-12(14)15/h12H,1-11H2,(H,17,18). The summed E-state index contributed by atoms with van der Waals surface area (Å²) in [5, 5.41) is 9.38. The van der Waals surface area contributed by atoms with Crippen LogP contribution in [0.15, 0.2) is 0 Å². The number of aliphatic carboxylic acids is 1. The third kappa shape index (κ3) is 2.39. The van der Waals surface area contributed by atoms with Crippen molar-refractivity contribution in [3.63, 3.8) is 0 Å². The minimum absolute atomic E-state index is 0.143. The van der Waals surface area contributed by atoms with E-state index in [1.165, 1.54) is 12.8 Å². The van der Waals surface area contributed by atoms with E-state index in [9.17, 15) is 9.90 Å². The third-order valence-electron chi connectivity index (χ3n) is 5.16. The van der Waals surface area contributed by atoms with Crippen LogP contribution in [-0.4, -0.2) is 71.8 Å². The summed E-state index contributed by atoms with van der Waals surface area (Å²) in [4.78, 5) is 16.3. The van der Waals surface area contributed by atoms with Crippen LogP contribution in [0.5, 0.6) is 0 Å². The fourth-order valence-electron chi connectivity index (χ4n) is 4.33. The lowest BCUT2D eigenvalue weighted by Gasteiger charge is -2.48. The lowest BCUT2D eigenvalue weighted by atomic mass is 9.80. The SMILES string of the molecule is O=C(O)CC1(N2CCOCC2)CCN2CCCCC21. The zero-order valence-electron chi connectivity index (χ0n) is 11.5. The normalized spacial score (nSPS) is 37.2. The Balaban J connectivity index is 1.85. The smallest absolute Gasteiger partial charge is 0.305 e. The fourth-order valence-corrected chi connectivity index (χ4v) is 4.33. The monoisotopic (exact) mass is 268 g/mol. The quantitative estimate of drug-likeness (QED) is 0.820. The first-order valence-electron chi connectivity index (χ1n) is 7.51. The fraction of sp³-hybridized carbons (Fsp3) is 0.929. The number of morpholine rings is 1. The molecule has 3 rings (SSSR count). The number of ether oxygens (including phenoxy) is 1. The molecular weight excluding hydrogens is 244 g/mol. The number of piperidine rings is 1. The first-order chi connectivity index (χ1) is 9.22. The highest BCUT2D eigenvalue weighted by molar-refractivity contribution is 5.68. The van der Waals surface area contributed by atoms with E-state index in [1.54, 1.807) is 0 Å². The van der Waals surface area contributed by atoms with Crippen LogP contribution in [0.2, 0.25) is 0 Å². The molecule has 0 saturated carbocycles. The van der Waals surface area contributed by atoms with Crippen LogP contribution >= 0.6 is 0 Å². The van der Waals surface area contributed by atoms with Crippen molar-refractivity contribution in [2.45, 2.75) is 43.7 Å². The molecule has 0 aromatic carbocycles. The van der Waals surface area contributed by atoms with Gasteiger partial charge in [-0.15, -0.1) is 0 Å². The summed E-state index contributed by atoms with van der Waals surface area (Å²) in [6, 6.07) is 0.440. The van der Waals surface area contributed by atoms with E-state index in [2.05, 4.69) is 9.80 Å². The molecule has 19 heavy (non-hydrogen) atoms. The largest absolute Gasteiger partial charge is 0.481 e. The molecule has 5 nitrogen and oxygen atoms in total. The molecule has 108 valence electrons. The van der Waals surface area contributed by atoms with Gasteiger partial charge < -0.3 is 9.84 Å². The van der Waals surface area contributed by atoms with Crippen molar-refractivity contribution in [2.24, 2.45) is 0 Å². The van der Waals surface area contributed by atoms with Gasteiger partial charge in [-0.05, 0) is 25.8 Å². The molecule has 3 saturated heterocycles. The summed E-state index contributed by atoms with van der Waals surface area (Å²) in [5.74, 6) is -0.654. The molecule has 5 heteroatoms. The van der Waals surface area contributed by atoms with Gasteiger partial charge >= 0.3 is 5.97 Å². The number of hydrogen-bond acceptors (Lipinski definition) is 4. The summed E-state index contributed by atoms with van der Waals surface area (Å²) in [6.45, 7) is 5.48. The van der Waals surface area contributed by atoms with Gasteiger partial charge in [-0.2, -0.15) is 0 Å². The number of nitrogens with zero attached hydrogens (tertiary/aromatic N) is 2. The lowest BCUT2D eigenvalue weighted by Crippen LogP contribution is -2.61. The van der Waals surface area contributed by atoms with Gasteiger partial charge in [-0.25, -0.2) is 0 Å². The Labute approximate surface area is 114 Å². The Kier molecular flexibility index (Phi) is 3.78. The molecule has 0 amide bonds. The van der Waals surface area contributed by atoms with Crippen molar-refractivity contribution >= 4 is 5.97 Å². The van der Waals surface area contributed by atoms with E-state index in [1.807, 2.05) is 0 Å². The van der Waals surface area contributed by atoms with Crippen LogP contribution in [0.25, 0.3) is 0 Å². The first-order valence-corrected chi connectivity index (χ1v) is 7.51. The molecular formula is C14H24N2O3. The van der Waals surface area contributed by atoms with Crippen molar-refractivity contribution in [3.05, 3.63) is 0 Å². The van der Waals surface area contributed by atoms with Gasteiger partial charge in [0.05, 0.1) is 19.6 Å². The molecule has 0 bridgehead atoms.